The lowest BCUT2D eigenvalue weighted by Crippen LogP contribution is -2.07. The quantitative estimate of drug-likeness (QED) is 0.741. The Morgan fingerprint density at radius 2 is 2.06 bits per heavy atom. The van der Waals surface area contributed by atoms with Gasteiger partial charge in [0.2, 0.25) is 0 Å². The zero-order valence-corrected chi connectivity index (χ0v) is 9.70. The number of carbonyl (C=O) groups excluding carboxylic acids is 1. The third-order valence-corrected chi connectivity index (χ3v) is 2.58. The topological polar surface area (TPSA) is 30.0 Å². The van der Waals surface area contributed by atoms with Gasteiger partial charge in [-0.3, -0.25) is 9.78 Å². The van der Waals surface area contributed by atoms with E-state index in [1.807, 2.05) is 0 Å². The number of aromatic nitrogens is 1. The van der Waals surface area contributed by atoms with E-state index in [1.165, 1.54) is 12.3 Å². The molecule has 2 aromatic rings. The number of aryl methyl sites for hydroxylation is 2. The van der Waals surface area contributed by atoms with Crippen molar-refractivity contribution in [1.29, 1.82) is 0 Å². The highest BCUT2D eigenvalue weighted by Gasteiger charge is 2.16. The van der Waals surface area contributed by atoms with E-state index >= 15 is 0 Å². The van der Waals surface area contributed by atoms with E-state index in [0.717, 1.165) is 5.56 Å². The van der Waals surface area contributed by atoms with Crippen molar-refractivity contribution in [3.63, 3.8) is 0 Å². The van der Waals surface area contributed by atoms with Crippen LogP contribution in [0.1, 0.15) is 27.0 Å². The van der Waals surface area contributed by atoms with Gasteiger partial charge in [-0.25, -0.2) is 4.39 Å². The van der Waals surface area contributed by atoms with Gasteiger partial charge in [0.15, 0.2) is 5.78 Å². The number of rotatable bonds is 2. The SMILES string of the molecule is Cc1cc(C)c(C(=O)c2cccnc2)c(F)c1. The molecule has 0 atom stereocenters. The summed E-state index contributed by atoms with van der Waals surface area (Å²) in [6.45, 7) is 3.54. The first-order valence-electron chi connectivity index (χ1n) is 5.31. The van der Waals surface area contributed by atoms with Crippen LogP contribution in [0.25, 0.3) is 0 Å². The summed E-state index contributed by atoms with van der Waals surface area (Å²) in [4.78, 5) is 16.0. The van der Waals surface area contributed by atoms with Crippen LogP contribution >= 0.6 is 0 Å². The second-order valence-corrected chi connectivity index (χ2v) is 4.01. The summed E-state index contributed by atoms with van der Waals surface area (Å²) in [5, 5.41) is 0. The Hall–Kier alpha value is -2.03. The number of hydrogen-bond acceptors (Lipinski definition) is 2. The molecule has 0 aliphatic carbocycles. The van der Waals surface area contributed by atoms with Gasteiger partial charge in [0.25, 0.3) is 0 Å². The predicted octanol–water partition coefficient (Wildman–Crippen LogP) is 3.07. The van der Waals surface area contributed by atoms with Gasteiger partial charge in [-0.15, -0.1) is 0 Å². The highest BCUT2D eigenvalue weighted by atomic mass is 19.1. The van der Waals surface area contributed by atoms with Crippen LogP contribution in [0.5, 0.6) is 0 Å². The van der Waals surface area contributed by atoms with Crippen molar-refractivity contribution in [3.8, 4) is 0 Å². The fraction of sp³-hybridized carbons (Fsp3) is 0.143. The van der Waals surface area contributed by atoms with E-state index in [0.29, 0.717) is 11.1 Å². The largest absolute Gasteiger partial charge is 0.288 e. The summed E-state index contributed by atoms with van der Waals surface area (Å²) < 4.78 is 13.8. The highest BCUT2D eigenvalue weighted by molar-refractivity contribution is 6.09. The maximum atomic E-state index is 13.8. The van der Waals surface area contributed by atoms with Crippen molar-refractivity contribution in [2.45, 2.75) is 13.8 Å². The molecule has 0 N–H and O–H groups in total. The molecule has 3 heteroatoms. The summed E-state index contributed by atoms with van der Waals surface area (Å²) in [5.74, 6) is -0.801. The maximum absolute atomic E-state index is 13.8. The number of halogens is 1. The second-order valence-electron chi connectivity index (χ2n) is 4.01. The number of carbonyl (C=O) groups is 1. The number of benzene rings is 1. The normalized spacial score (nSPS) is 10.3. The number of hydrogen-bond donors (Lipinski definition) is 0. The summed E-state index contributed by atoms with van der Waals surface area (Å²) in [6, 6.07) is 6.46. The standard InChI is InChI=1S/C14H12FNO/c1-9-6-10(2)13(12(15)7-9)14(17)11-4-3-5-16-8-11/h3-8H,1-2H3. The molecule has 1 heterocycles. The van der Waals surface area contributed by atoms with Crippen LogP contribution in [-0.2, 0) is 0 Å². The van der Waals surface area contributed by atoms with Crippen LogP contribution in [0, 0.1) is 19.7 Å². The molecule has 0 aliphatic heterocycles. The molecular formula is C14H12FNO. The lowest BCUT2D eigenvalue weighted by molar-refractivity contribution is 0.103. The highest BCUT2D eigenvalue weighted by Crippen LogP contribution is 2.19. The molecular weight excluding hydrogens is 217 g/mol. The van der Waals surface area contributed by atoms with Crippen molar-refractivity contribution in [2.75, 3.05) is 0 Å². The summed E-state index contributed by atoms with van der Waals surface area (Å²) in [5.41, 5.74) is 1.99. The van der Waals surface area contributed by atoms with Crippen molar-refractivity contribution < 1.29 is 9.18 Å². The van der Waals surface area contributed by atoms with Crippen LogP contribution in [0.15, 0.2) is 36.7 Å². The van der Waals surface area contributed by atoms with Gasteiger partial charge in [0.1, 0.15) is 5.82 Å². The van der Waals surface area contributed by atoms with E-state index in [2.05, 4.69) is 4.98 Å². The third-order valence-electron chi connectivity index (χ3n) is 2.58. The molecule has 0 amide bonds. The molecule has 0 unspecified atom stereocenters. The van der Waals surface area contributed by atoms with Crippen molar-refractivity contribution in [3.05, 3.63) is 64.7 Å². The second kappa shape index (κ2) is 4.45. The van der Waals surface area contributed by atoms with Crippen LogP contribution in [0.4, 0.5) is 4.39 Å². The molecule has 0 bridgehead atoms. The van der Waals surface area contributed by atoms with Gasteiger partial charge in [0.05, 0.1) is 5.56 Å². The summed E-state index contributed by atoms with van der Waals surface area (Å²) in [6.07, 6.45) is 3.02. The van der Waals surface area contributed by atoms with Crippen molar-refractivity contribution >= 4 is 5.78 Å². The Morgan fingerprint density at radius 3 is 2.65 bits per heavy atom. The maximum Gasteiger partial charge on any atom is 0.197 e. The lowest BCUT2D eigenvalue weighted by Gasteiger charge is -2.07. The Labute approximate surface area is 99.1 Å². The molecule has 86 valence electrons. The first-order chi connectivity index (χ1) is 8.09. The number of nitrogens with zero attached hydrogens (tertiary/aromatic N) is 1. The number of pyridine rings is 1. The molecule has 0 saturated heterocycles. The van der Waals surface area contributed by atoms with Crippen molar-refractivity contribution in [1.82, 2.24) is 4.98 Å². The Balaban J connectivity index is 2.52. The van der Waals surface area contributed by atoms with Crippen LogP contribution in [0.3, 0.4) is 0 Å². The van der Waals surface area contributed by atoms with E-state index in [9.17, 15) is 9.18 Å². The predicted molar refractivity (Wildman–Crippen MR) is 63.5 cm³/mol. The Morgan fingerprint density at radius 1 is 1.29 bits per heavy atom. The summed E-state index contributed by atoms with van der Waals surface area (Å²) >= 11 is 0. The minimum absolute atomic E-state index is 0.128. The first-order valence-corrected chi connectivity index (χ1v) is 5.31. The molecule has 2 rings (SSSR count). The number of ketones is 1. The van der Waals surface area contributed by atoms with Crippen LogP contribution < -0.4 is 0 Å². The van der Waals surface area contributed by atoms with E-state index in [4.69, 9.17) is 0 Å². The zero-order chi connectivity index (χ0) is 12.4. The van der Waals surface area contributed by atoms with E-state index in [-0.39, 0.29) is 11.3 Å². The molecule has 1 aromatic carbocycles. The van der Waals surface area contributed by atoms with Gasteiger partial charge in [-0.1, -0.05) is 6.07 Å². The lowest BCUT2D eigenvalue weighted by atomic mass is 9.98. The zero-order valence-electron chi connectivity index (χ0n) is 9.70. The third kappa shape index (κ3) is 2.23. The average Bonchev–Trinajstić information content (AvgIpc) is 2.28. The molecule has 0 saturated carbocycles. The van der Waals surface area contributed by atoms with Gasteiger partial charge < -0.3 is 0 Å². The van der Waals surface area contributed by atoms with Gasteiger partial charge in [0, 0.05) is 18.0 Å². The first kappa shape index (κ1) is 11.5. The minimum atomic E-state index is -0.476. The fourth-order valence-corrected chi connectivity index (χ4v) is 1.84. The Kier molecular flexibility index (Phi) is 3.00. The van der Waals surface area contributed by atoms with Gasteiger partial charge in [-0.05, 0) is 43.2 Å². The van der Waals surface area contributed by atoms with E-state index < -0.39 is 5.82 Å². The molecule has 0 fully saturated rings. The van der Waals surface area contributed by atoms with E-state index in [1.54, 1.807) is 38.2 Å². The molecule has 2 nitrogen and oxygen atoms in total. The van der Waals surface area contributed by atoms with Gasteiger partial charge >= 0.3 is 0 Å². The van der Waals surface area contributed by atoms with Crippen molar-refractivity contribution in [2.24, 2.45) is 0 Å². The molecule has 0 radical (unpaired) electrons. The summed E-state index contributed by atoms with van der Waals surface area (Å²) in [7, 11) is 0. The molecule has 0 spiro atoms. The fourth-order valence-electron chi connectivity index (χ4n) is 1.84. The smallest absolute Gasteiger partial charge is 0.197 e. The molecule has 0 aliphatic rings. The van der Waals surface area contributed by atoms with Crippen LogP contribution in [-0.4, -0.2) is 10.8 Å². The minimum Gasteiger partial charge on any atom is -0.288 e. The average molecular weight is 229 g/mol. The Bertz CT molecular complexity index is 541. The van der Waals surface area contributed by atoms with Gasteiger partial charge in [-0.2, -0.15) is 0 Å². The van der Waals surface area contributed by atoms with Crippen LogP contribution in [0.2, 0.25) is 0 Å². The monoisotopic (exact) mass is 229 g/mol. The molecule has 17 heavy (non-hydrogen) atoms. The molecule has 1 aromatic heterocycles.